The zero-order valence-electron chi connectivity index (χ0n) is 18.2. The number of terminal acetylenes is 1. The number of nitrogens with one attached hydrogen (secondary N) is 2. The van der Waals surface area contributed by atoms with Crippen molar-refractivity contribution in [3.8, 4) is 23.8 Å². The minimum atomic E-state index is -0.762. The molecule has 0 aliphatic carbocycles. The summed E-state index contributed by atoms with van der Waals surface area (Å²) >= 11 is 6.28. The van der Waals surface area contributed by atoms with Crippen LogP contribution in [0.3, 0.4) is 0 Å². The van der Waals surface area contributed by atoms with Crippen molar-refractivity contribution in [1.82, 2.24) is 10.7 Å². The molecule has 0 saturated heterocycles. The Bertz CT molecular complexity index is 1000. The fourth-order valence-corrected chi connectivity index (χ4v) is 3.04. The summed E-state index contributed by atoms with van der Waals surface area (Å²) in [5.41, 5.74) is 3.52. The van der Waals surface area contributed by atoms with E-state index in [-0.39, 0.29) is 18.4 Å². The molecule has 1 atom stereocenters. The van der Waals surface area contributed by atoms with Gasteiger partial charge in [-0.3, -0.25) is 9.59 Å². The van der Waals surface area contributed by atoms with Crippen molar-refractivity contribution in [2.75, 3.05) is 13.2 Å². The monoisotopic (exact) mass is 455 g/mol. The Labute approximate surface area is 193 Å². The van der Waals surface area contributed by atoms with Gasteiger partial charge in [0.2, 0.25) is 0 Å². The second kappa shape index (κ2) is 12.4. The van der Waals surface area contributed by atoms with Crippen molar-refractivity contribution in [1.29, 1.82) is 0 Å². The molecular formula is C24H26ClN3O4. The van der Waals surface area contributed by atoms with Crippen LogP contribution >= 0.6 is 11.6 Å². The van der Waals surface area contributed by atoms with Crippen molar-refractivity contribution < 1.29 is 19.1 Å². The molecule has 0 radical (unpaired) electrons. The number of amides is 2. The van der Waals surface area contributed by atoms with Crippen LogP contribution in [-0.2, 0) is 4.79 Å². The number of hydrazone groups is 1. The van der Waals surface area contributed by atoms with Crippen molar-refractivity contribution in [3.05, 3.63) is 58.6 Å². The number of benzene rings is 2. The molecule has 32 heavy (non-hydrogen) atoms. The standard InChI is InChI=1S/C24H26ClN3O4/c1-5-12-32-22-19(25)13-17(14-20(22)31-6-2)15-26-28-24(30)21(16(3)4)27-23(29)18-10-8-7-9-11-18/h1,7-11,13-16,21H,6,12H2,2-4H3,(H,27,29)(H,28,30). The molecule has 2 N–H and O–H groups in total. The lowest BCUT2D eigenvalue weighted by Gasteiger charge is -2.20. The first-order chi connectivity index (χ1) is 15.4. The van der Waals surface area contributed by atoms with E-state index in [9.17, 15) is 9.59 Å². The number of hydrogen-bond acceptors (Lipinski definition) is 5. The summed E-state index contributed by atoms with van der Waals surface area (Å²) in [7, 11) is 0. The van der Waals surface area contributed by atoms with E-state index in [1.54, 1.807) is 36.4 Å². The van der Waals surface area contributed by atoms with Gasteiger partial charge in [0.05, 0.1) is 17.8 Å². The van der Waals surface area contributed by atoms with Crippen LogP contribution in [0.25, 0.3) is 0 Å². The Hall–Kier alpha value is -3.50. The highest BCUT2D eigenvalue weighted by Crippen LogP contribution is 2.36. The second-order valence-electron chi connectivity index (χ2n) is 7.05. The van der Waals surface area contributed by atoms with Crippen LogP contribution < -0.4 is 20.2 Å². The van der Waals surface area contributed by atoms with Gasteiger partial charge in [0, 0.05) is 5.56 Å². The van der Waals surface area contributed by atoms with Crippen molar-refractivity contribution in [2.24, 2.45) is 11.0 Å². The van der Waals surface area contributed by atoms with Crippen LogP contribution in [0.2, 0.25) is 5.02 Å². The van der Waals surface area contributed by atoms with E-state index in [2.05, 4.69) is 21.8 Å². The fraction of sp³-hybridized carbons (Fsp3) is 0.292. The predicted octanol–water partition coefficient (Wildman–Crippen LogP) is 3.66. The van der Waals surface area contributed by atoms with E-state index in [0.29, 0.717) is 34.3 Å². The molecule has 7 nitrogen and oxygen atoms in total. The Morgan fingerprint density at radius 2 is 1.94 bits per heavy atom. The van der Waals surface area contributed by atoms with Crippen LogP contribution in [0, 0.1) is 18.3 Å². The van der Waals surface area contributed by atoms with E-state index >= 15 is 0 Å². The smallest absolute Gasteiger partial charge is 0.262 e. The van der Waals surface area contributed by atoms with Gasteiger partial charge < -0.3 is 14.8 Å². The number of nitrogens with zero attached hydrogens (tertiary/aromatic N) is 1. The SMILES string of the molecule is C#CCOc1c(Cl)cc(C=NNC(=O)C(NC(=O)c2ccccc2)C(C)C)cc1OCC. The van der Waals surface area contributed by atoms with E-state index in [1.807, 2.05) is 26.8 Å². The minimum absolute atomic E-state index is 0.0502. The maximum atomic E-state index is 12.6. The van der Waals surface area contributed by atoms with Crippen LogP contribution in [0.15, 0.2) is 47.6 Å². The number of carbonyl (C=O) groups is 2. The first-order valence-electron chi connectivity index (χ1n) is 10.1. The second-order valence-corrected chi connectivity index (χ2v) is 7.46. The van der Waals surface area contributed by atoms with Crippen LogP contribution in [0.4, 0.5) is 0 Å². The van der Waals surface area contributed by atoms with E-state index < -0.39 is 11.9 Å². The third-order valence-corrected chi connectivity index (χ3v) is 4.57. The van der Waals surface area contributed by atoms with Crippen molar-refractivity contribution in [2.45, 2.75) is 26.8 Å². The average Bonchev–Trinajstić information content (AvgIpc) is 2.77. The number of ether oxygens (including phenoxy) is 2. The molecule has 0 aliphatic heterocycles. The number of hydrogen-bond donors (Lipinski definition) is 2. The summed E-state index contributed by atoms with van der Waals surface area (Å²) < 4.78 is 11.0. The average molecular weight is 456 g/mol. The molecule has 0 bridgehead atoms. The van der Waals surface area contributed by atoms with Crippen LogP contribution in [-0.4, -0.2) is 37.3 Å². The van der Waals surface area contributed by atoms with Gasteiger partial charge in [-0.05, 0) is 42.7 Å². The Morgan fingerprint density at radius 3 is 2.56 bits per heavy atom. The largest absolute Gasteiger partial charge is 0.490 e. The molecule has 0 fully saturated rings. The van der Waals surface area contributed by atoms with E-state index in [4.69, 9.17) is 27.5 Å². The number of halogens is 1. The summed E-state index contributed by atoms with van der Waals surface area (Å²) in [6.45, 7) is 5.95. The number of carbonyl (C=O) groups excluding carboxylic acids is 2. The summed E-state index contributed by atoms with van der Waals surface area (Å²) in [6, 6.07) is 11.2. The fourth-order valence-electron chi connectivity index (χ4n) is 2.77. The Morgan fingerprint density at radius 1 is 1.22 bits per heavy atom. The van der Waals surface area contributed by atoms with Crippen LogP contribution in [0.1, 0.15) is 36.7 Å². The third-order valence-electron chi connectivity index (χ3n) is 4.29. The lowest BCUT2D eigenvalue weighted by Crippen LogP contribution is -2.48. The topological polar surface area (TPSA) is 89.0 Å². The van der Waals surface area contributed by atoms with Gasteiger partial charge in [0.1, 0.15) is 12.6 Å². The molecule has 0 aromatic heterocycles. The summed E-state index contributed by atoms with van der Waals surface area (Å²) in [6.07, 6.45) is 6.66. The van der Waals surface area contributed by atoms with Gasteiger partial charge in [-0.15, -0.1) is 6.42 Å². The Balaban J connectivity index is 2.10. The maximum Gasteiger partial charge on any atom is 0.262 e. The molecule has 8 heteroatoms. The van der Waals surface area contributed by atoms with Crippen molar-refractivity contribution in [3.63, 3.8) is 0 Å². The third kappa shape index (κ3) is 7.03. The minimum Gasteiger partial charge on any atom is -0.490 e. The quantitative estimate of drug-likeness (QED) is 0.325. The molecule has 0 saturated carbocycles. The molecule has 1 unspecified atom stereocenters. The molecule has 0 spiro atoms. The molecule has 168 valence electrons. The highest BCUT2D eigenvalue weighted by Gasteiger charge is 2.24. The first kappa shape index (κ1) is 24.8. The normalized spacial score (nSPS) is 11.6. The summed E-state index contributed by atoms with van der Waals surface area (Å²) in [4.78, 5) is 25.0. The molecule has 0 aliphatic rings. The summed E-state index contributed by atoms with van der Waals surface area (Å²) in [5, 5.41) is 7.04. The summed E-state index contributed by atoms with van der Waals surface area (Å²) in [5.74, 6) is 2.21. The highest BCUT2D eigenvalue weighted by atomic mass is 35.5. The first-order valence-corrected chi connectivity index (χ1v) is 10.5. The van der Waals surface area contributed by atoms with Gasteiger partial charge >= 0.3 is 0 Å². The zero-order valence-corrected chi connectivity index (χ0v) is 19.0. The van der Waals surface area contributed by atoms with Gasteiger partial charge in [0.15, 0.2) is 11.5 Å². The molecule has 2 aromatic carbocycles. The molecular weight excluding hydrogens is 430 g/mol. The molecule has 0 heterocycles. The predicted molar refractivity (Wildman–Crippen MR) is 125 cm³/mol. The van der Waals surface area contributed by atoms with Gasteiger partial charge in [-0.25, -0.2) is 5.43 Å². The van der Waals surface area contributed by atoms with E-state index in [1.165, 1.54) is 6.21 Å². The number of rotatable bonds is 10. The van der Waals surface area contributed by atoms with Gasteiger partial charge in [-0.1, -0.05) is 49.6 Å². The van der Waals surface area contributed by atoms with E-state index in [0.717, 1.165) is 0 Å². The lowest BCUT2D eigenvalue weighted by molar-refractivity contribution is -0.123. The highest BCUT2D eigenvalue weighted by molar-refractivity contribution is 6.32. The Kier molecular flexibility index (Phi) is 9.58. The maximum absolute atomic E-state index is 12.6. The zero-order chi connectivity index (χ0) is 23.5. The lowest BCUT2D eigenvalue weighted by atomic mass is 10.0. The molecule has 2 aromatic rings. The van der Waals surface area contributed by atoms with Gasteiger partial charge in [0.25, 0.3) is 11.8 Å². The molecule has 2 rings (SSSR count). The van der Waals surface area contributed by atoms with Crippen LogP contribution in [0.5, 0.6) is 11.5 Å². The van der Waals surface area contributed by atoms with Crippen molar-refractivity contribution >= 4 is 29.6 Å². The van der Waals surface area contributed by atoms with Gasteiger partial charge in [-0.2, -0.15) is 5.10 Å². The molecule has 2 amide bonds.